The number of rotatable bonds is 8. The molecule has 32 heavy (non-hydrogen) atoms. The molecule has 3 heterocycles. The van der Waals surface area contributed by atoms with E-state index in [-0.39, 0.29) is 42.5 Å². The molecule has 180 valence electrons. The number of ether oxygens (including phenoxy) is 1. The van der Waals surface area contributed by atoms with Gasteiger partial charge in [0.1, 0.15) is 11.6 Å². The molecule has 0 amide bonds. The quantitative estimate of drug-likeness (QED) is 0.342. The van der Waals surface area contributed by atoms with Gasteiger partial charge in [-0.3, -0.25) is 14.5 Å². The van der Waals surface area contributed by atoms with Crippen molar-refractivity contribution in [3.05, 3.63) is 18.1 Å². The van der Waals surface area contributed by atoms with Gasteiger partial charge in [-0.15, -0.1) is 0 Å². The number of hydrogen-bond acceptors (Lipinski definition) is 9. The van der Waals surface area contributed by atoms with Crippen molar-refractivity contribution in [2.75, 3.05) is 6.61 Å². The summed E-state index contributed by atoms with van der Waals surface area (Å²) in [6, 6.07) is 0. The van der Waals surface area contributed by atoms with Crippen LogP contribution in [0, 0.1) is 5.41 Å². The molecule has 1 aliphatic rings. The summed E-state index contributed by atoms with van der Waals surface area (Å²) >= 11 is 0. The Morgan fingerprint density at radius 1 is 1.34 bits per heavy atom. The number of aryl methyl sites for hydroxylation is 1. The molecule has 0 radical (unpaired) electrons. The van der Waals surface area contributed by atoms with Crippen molar-refractivity contribution in [1.82, 2.24) is 19.1 Å². The monoisotopic (exact) mass is 473 g/mol. The van der Waals surface area contributed by atoms with Crippen molar-refractivity contribution in [3.8, 4) is 0 Å². The van der Waals surface area contributed by atoms with E-state index in [1.807, 2.05) is 0 Å². The Labute approximate surface area is 185 Å². The number of fused-ring (bicyclic) bond motifs is 1. The van der Waals surface area contributed by atoms with Gasteiger partial charge in [-0.1, -0.05) is 13.8 Å². The maximum Gasteiger partial charge on any atom is 0.359 e. The number of aliphatic hydroxyl groups is 3. The van der Waals surface area contributed by atoms with Crippen molar-refractivity contribution in [3.63, 3.8) is 0 Å². The van der Waals surface area contributed by atoms with Crippen LogP contribution in [0.4, 0.5) is 0 Å². The molecule has 2 aromatic heterocycles. The fourth-order valence-corrected chi connectivity index (χ4v) is 5.03. The number of nitrogens with one attached hydrogen (secondary N) is 1. The molecular weight excluding hydrogens is 441 g/mol. The van der Waals surface area contributed by atoms with E-state index in [1.54, 1.807) is 27.8 Å². The van der Waals surface area contributed by atoms with E-state index in [0.717, 1.165) is 0 Å². The fourth-order valence-electron chi connectivity index (χ4n) is 3.64. The smallest absolute Gasteiger partial charge is 0.359 e. The minimum absolute atomic E-state index is 0.0132. The van der Waals surface area contributed by atoms with Crippen molar-refractivity contribution < 1.29 is 34.0 Å². The highest BCUT2D eigenvalue weighted by Crippen LogP contribution is 2.59. The lowest BCUT2D eigenvalue weighted by atomic mass is 9.91. The molecule has 12 nitrogen and oxygen atoms in total. The second kappa shape index (κ2) is 8.28. The molecule has 0 aliphatic carbocycles. The van der Waals surface area contributed by atoms with E-state index in [4.69, 9.17) is 14.7 Å². The van der Waals surface area contributed by atoms with Gasteiger partial charge in [-0.05, 0) is 26.7 Å². The summed E-state index contributed by atoms with van der Waals surface area (Å²) in [7, 11) is -2.78. The number of aliphatic hydroxyl groups excluding tert-OH is 1. The average Bonchev–Trinajstić information content (AvgIpc) is 3.28. The number of hydrogen-bond donors (Lipinski definition) is 5. The summed E-state index contributed by atoms with van der Waals surface area (Å²) < 4.78 is 26.7. The third-order valence-corrected chi connectivity index (χ3v) is 8.65. The highest BCUT2D eigenvalue weighted by molar-refractivity contribution is 7.54. The van der Waals surface area contributed by atoms with Gasteiger partial charge in [0.25, 0.3) is 0 Å². The Morgan fingerprint density at radius 3 is 2.59 bits per heavy atom. The van der Waals surface area contributed by atoms with Gasteiger partial charge in [-0.25, -0.2) is 9.97 Å². The van der Waals surface area contributed by atoms with E-state index in [1.165, 1.54) is 28.7 Å². The molecule has 0 spiro atoms. The molecule has 5 N–H and O–H groups in total. The predicted octanol–water partition coefficient (Wildman–Crippen LogP) is 0.533. The van der Waals surface area contributed by atoms with E-state index in [9.17, 15) is 24.8 Å². The Hall–Kier alpha value is -1.66. The van der Waals surface area contributed by atoms with Gasteiger partial charge < -0.3 is 34.0 Å². The molecule has 1 fully saturated rings. The normalized spacial score (nSPS) is 29.5. The van der Waals surface area contributed by atoms with Crippen LogP contribution >= 0.6 is 7.60 Å². The molecular formula is C19H32N5O7P. The lowest BCUT2D eigenvalue weighted by molar-refractivity contribution is -0.111. The zero-order valence-electron chi connectivity index (χ0n) is 18.9. The van der Waals surface area contributed by atoms with Crippen LogP contribution in [0.25, 0.3) is 11.2 Å². The molecule has 0 aromatic carbocycles. The van der Waals surface area contributed by atoms with Crippen molar-refractivity contribution in [1.29, 1.82) is 5.41 Å². The largest absolute Gasteiger partial charge is 0.385 e. The SMILES string of the molecule is CCC(C)(C[C@H]1OC[C@](O)(n2cnc3c(=N)n(C)cnc32)[C@@H]1O)OP(=O)(O)C(C)(O)CC. The number of nitrogens with zero attached hydrogens (tertiary/aromatic N) is 4. The molecule has 3 unspecified atom stereocenters. The molecule has 1 saturated heterocycles. The van der Waals surface area contributed by atoms with Crippen molar-refractivity contribution in [2.24, 2.45) is 7.05 Å². The molecule has 0 bridgehead atoms. The standard InChI is InChI=1S/C19H32N5O7P/c1-6-17(3,31-32(28,29)18(4,26)7-2)8-12-14(25)19(27,9-30-12)24-11-21-13-15(20)23(5)10-22-16(13)24/h10-12,14,20,25-27H,6-9H2,1-5H3,(H,28,29)/t12-,14-,17?,18?,19-/m1/s1. The van der Waals surface area contributed by atoms with Crippen LogP contribution in [0.5, 0.6) is 0 Å². The van der Waals surface area contributed by atoms with Gasteiger partial charge in [0, 0.05) is 13.5 Å². The van der Waals surface area contributed by atoms with Crippen LogP contribution in [-0.4, -0.2) is 69.1 Å². The van der Waals surface area contributed by atoms with E-state index in [0.29, 0.717) is 0 Å². The van der Waals surface area contributed by atoms with Crippen LogP contribution < -0.4 is 5.49 Å². The van der Waals surface area contributed by atoms with Crippen LogP contribution in [0.3, 0.4) is 0 Å². The summed E-state index contributed by atoms with van der Waals surface area (Å²) in [5.41, 5.74) is -2.57. The van der Waals surface area contributed by atoms with Crippen molar-refractivity contribution in [2.45, 2.75) is 75.8 Å². The van der Waals surface area contributed by atoms with Gasteiger partial charge in [0.2, 0.25) is 0 Å². The van der Waals surface area contributed by atoms with Gasteiger partial charge in [0.15, 0.2) is 22.2 Å². The Kier molecular flexibility index (Phi) is 6.46. The Bertz CT molecular complexity index is 1100. The molecule has 2 aromatic rings. The van der Waals surface area contributed by atoms with Crippen LogP contribution in [0.15, 0.2) is 12.7 Å². The summed E-state index contributed by atoms with van der Waals surface area (Å²) in [5, 5.41) is 38.7. The van der Waals surface area contributed by atoms with Crippen LogP contribution in [0.1, 0.15) is 47.0 Å². The zero-order chi connectivity index (χ0) is 24.1. The topological polar surface area (TPSA) is 176 Å². The molecule has 1 aliphatic heterocycles. The third kappa shape index (κ3) is 4.05. The molecule has 6 atom stereocenters. The summed E-state index contributed by atoms with van der Waals surface area (Å²) in [6.07, 6.45) is 0.604. The first kappa shape index (κ1) is 25.0. The highest BCUT2D eigenvalue weighted by atomic mass is 31.2. The minimum Gasteiger partial charge on any atom is -0.385 e. The average molecular weight is 473 g/mol. The predicted molar refractivity (Wildman–Crippen MR) is 113 cm³/mol. The van der Waals surface area contributed by atoms with E-state index < -0.39 is 36.5 Å². The van der Waals surface area contributed by atoms with Gasteiger partial charge >= 0.3 is 7.60 Å². The van der Waals surface area contributed by atoms with Crippen LogP contribution in [0.2, 0.25) is 0 Å². The Morgan fingerprint density at radius 2 is 2.00 bits per heavy atom. The first-order chi connectivity index (χ1) is 14.7. The lowest BCUT2D eigenvalue weighted by Crippen LogP contribution is -2.48. The molecule has 0 saturated carbocycles. The fraction of sp³-hybridized carbons (Fsp3) is 0.737. The second-order valence-corrected chi connectivity index (χ2v) is 11.0. The maximum atomic E-state index is 12.7. The maximum absolute atomic E-state index is 12.7. The summed E-state index contributed by atoms with van der Waals surface area (Å²) in [4.78, 5) is 18.7. The first-order valence-electron chi connectivity index (χ1n) is 10.4. The minimum atomic E-state index is -4.43. The van der Waals surface area contributed by atoms with Crippen LogP contribution in [-0.2, 0) is 26.6 Å². The van der Waals surface area contributed by atoms with Gasteiger partial charge in [0.05, 0.1) is 31.0 Å². The van der Waals surface area contributed by atoms with E-state index in [2.05, 4.69) is 9.97 Å². The summed E-state index contributed by atoms with van der Waals surface area (Å²) in [6.45, 7) is 5.86. The first-order valence-corrected chi connectivity index (χ1v) is 12.0. The highest BCUT2D eigenvalue weighted by Gasteiger charge is 2.53. The molecule has 3 rings (SSSR count). The van der Waals surface area contributed by atoms with Crippen molar-refractivity contribution >= 4 is 18.8 Å². The Balaban J connectivity index is 1.87. The summed E-state index contributed by atoms with van der Waals surface area (Å²) in [5.74, 6) is 0. The van der Waals surface area contributed by atoms with E-state index >= 15 is 0 Å². The number of imidazole rings is 1. The number of aromatic nitrogens is 4. The second-order valence-electron chi connectivity index (χ2n) is 8.85. The lowest BCUT2D eigenvalue weighted by Gasteiger charge is -2.38. The van der Waals surface area contributed by atoms with Gasteiger partial charge in [-0.2, -0.15) is 0 Å². The third-order valence-electron chi connectivity index (χ3n) is 6.43. The zero-order valence-corrected chi connectivity index (χ0v) is 19.8. The molecule has 13 heteroatoms.